The van der Waals surface area contributed by atoms with Crippen LogP contribution >= 0.6 is 11.3 Å². The van der Waals surface area contributed by atoms with Gasteiger partial charge >= 0.3 is 5.91 Å². The number of nitrogens with zero attached hydrogens (tertiary/aromatic N) is 2. The van der Waals surface area contributed by atoms with E-state index in [0.717, 1.165) is 21.3 Å². The average molecular weight is 489 g/mol. The fraction of sp³-hybridized carbons (Fsp3) is 0.222. The Bertz CT molecular complexity index is 1500. The number of benzene rings is 2. The van der Waals surface area contributed by atoms with Crippen molar-refractivity contribution in [2.24, 2.45) is 0 Å². The Labute approximate surface area is 206 Å². The van der Waals surface area contributed by atoms with Crippen molar-refractivity contribution in [2.45, 2.75) is 33.7 Å². The fourth-order valence-electron chi connectivity index (χ4n) is 4.39. The van der Waals surface area contributed by atoms with Gasteiger partial charge in [-0.15, -0.1) is 0 Å². The van der Waals surface area contributed by atoms with Gasteiger partial charge < -0.3 is 14.3 Å². The minimum absolute atomic E-state index is 0.0410. The summed E-state index contributed by atoms with van der Waals surface area (Å²) in [5, 5.41) is 11.6. The molecule has 7 nitrogen and oxygen atoms in total. The molecule has 1 amide bonds. The monoisotopic (exact) mass is 488 g/mol. The second-order valence-electron chi connectivity index (χ2n) is 8.50. The van der Waals surface area contributed by atoms with Crippen molar-refractivity contribution >= 4 is 44.1 Å². The van der Waals surface area contributed by atoms with Gasteiger partial charge in [0.2, 0.25) is 0 Å². The molecule has 0 aliphatic carbocycles. The lowest BCUT2D eigenvalue weighted by molar-refractivity contribution is -0.132. The molecule has 0 spiro atoms. The predicted octanol–water partition coefficient (Wildman–Crippen LogP) is 5.84. The highest BCUT2D eigenvalue weighted by molar-refractivity contribution is 7.22. The van der Waals surface area contributed by atoms with Gasteiger partial charge in [0.1, 0.15) is 29.1 Å². The minimum Gasteiger partial charge on any atom is -0.507 e. The summed E-state index contributed by atoms with van der Waals surface area (Å²) in [6.07, 6.45) is 0. The third kappa shape index (κ3) is 3.89. The lowest BCUT2D eigenvalue weighted by Gasteiger charge is -2.20. The Morgan fingerprint density at radius 1 is 1.11 bits per heavy atom. The molecule has 0 saturated carbocycles. The van der Waals surface area contributed by atoms with Crippen LogP contribution in [0.2, 0.25) is 0 Å². The first-order chi connectivity index (χ1) is 16.8. The van der Waals surface area contributed by atoms with Crippen LogP contribution in [0.1, 0.15) is 41.2 Å². The van der Waals surface area contributed by atoms with E-state index in [1.807, 2.05) is 32.9 Å². The number of carbonyl (C=O) groups excluding carboxylic acids is 2. The standard InChI is InChI=1S/C27H24N2O5S/c1-5-33-18-9-7-17(8-10-18)24(30)21-23(19-11-6-16(4)34-19)29(26(32)25(21)31)27-28-22-15(3)12-14(2)13-20(22)35-27/h6-13,23,30H,5H2,1-4H3. The molecule has 1 aliphatic heterocycles. The van der Waals surface area contributed by atoms with Crippen LogP contribution in [-0.2, 0) is 9.59 Å². The summed E-state index contributed by atoms with van der Waals surface area (Å²) < 4.78 is 12.3. The molecule has 5 rings (SSSR count). The molecular weight excluding hydrogens is 464 g/mol. The predicted molar refractivity (Wildman–Crippen MR) is 135 cm³/mol. The number of amides is 1. The number of aliphatic hydroxyl groups excluding tert-OH is 1. The maximum Gasteiger partial charge on any atom is 0.302 e. The maximum absolute atomic E-state index is 13.3. The number of ketones is 1. The van der Waals surface area contributed by atoms with Gasteiger partial charge in [-0.1, -0.05) is 17.4 Å². The van der Waals surface area contributed by atoms with E-state index >= 15 is 0 Å². The molecule has 1 fully saturated rings. The van der Waals surface area contributed by atoms with Crippen LogP contribution in [0.25, 0.3) is 16.0 Å². The van der Waals surface area contributed by atoms with Crippen molar-refractivity contribution in [3.8, 4) is 5.75 Å². The molecule has 2 aromatic heterocycles. The van der Waals surface area contributed by atoms with Crippen molar-refractivity contribution in [3.05, 3.63) is 82.3 Å². The summed E-state index contributed by atoms with van der Waals surface area (Å²) in [5.74, 6) is -0.180. The molecular formula is C27H24N2O5S. The Balaban J connectivity index is 1.68. The average Bonchev–Trinajstić information content (AvgIpc) is 3.50. The Kier molecular flexibility index (Phi) is 5.68. The summed E-state index contributed by atoms with van der Waals surface area (Å²) >= 11 is 1.33. The van der Waals surface area contributed by atoms with E-state index in [9.17, 15) is 14.7 Å². The van der Waals surface area contributed by atoms with Crippen molar-refractivity contribution in [3.63, 3.8) is 0 Å². The number of anilines is 1. The van der Waals surface area contributed by atoms with E-state index in [2.05, 4.69) is 0 Å². The summed E-state index contributed by atoms with van der Waals surface area (Å²) in [4.78, 5) is 32.7. The Morgan fingerprint density at radius 2 is 1.86 bits per heavy atom. The number of aromatic nitrogens is 1. The zero-order valence-electron chi connectivity index (χ0n) is 19.8. The molecule has 178 valence electrons. The van der Waals surface area contributed by atoms with E-state index in [1.54, 1.807) is 43.3 Å². The summed E-state index contributed by atoms with van der Waals surface area (Å²) in [5.41, 5.74) is 3.20. The summed E-state index contributed by atoms with van der Waals surface area (Å²) in [7, 11) is 0. The number of thiazole rings is 1. The smallest absolute Gasteiger partial charge is 0.302 e. The highest BCUT2D eigenvalue weighted by atomic mass is 32.1. The SMILES string of the molecule is CCOc1ccc(C(O)=C2C(=O)C(=O)N(c3nc4c(C)cc(C)cc4s3)C2c2ccc(C)o2)cc1. The number of Topliss-reactive ketones (excluding diaryl/α,β-unsaturated/α-hetero) is 1. The van der Waals surface area contributed by atoms with Gasteiger partial charge in [-0.3, -0.25) is 14.5 Å². The Morgan fingerprint density at radius 3 is 2.51 bits per heavy atom. The van der Waals surface area contributed by atoms with Crippen LogP contribution in [0, 0.1) is 20.8 Å². The number of ether oxygens (including phenoxy) is 1. The van der Waals surface area contributed by atoms with Crippen LogP contribution < -0.4 is 9.64 Å². The highest BCUT2D eigenvalue weighted by Crippen LogP contribution is 2.45. The van der Waals surface area contributed by atoms with Crippen molar-refractivity contribution in [1.82, 2.24) is 4.98 Å². The molecule has 1 unspecified atom stereocenters. The summed E-state index contributed by atoms with van der Waals surface area (Å²) in [6, 6.07) is 13.3. The second-order valence-corrected chi connectivity index (χ2v) is 9.51. The van der Waals surface area contributed by atoms with E-state index in [0.29, 0.717) is 34.6 Å². The van der Waals surface area contributed by atoms with Crippen LogP contribution in [0.15, 0.2) is 58.5 Å². The molecule has 1 N–H and O–H groups in total. The third-order valence-electron chi connectivity index (χ3n) is 5.94. The lowest BCUT2D eigenvalue weighted by Crippen LogP contribution is -2.29. The van der Waals surface area contributed by atoms with Gasteiger partial charge in [-0.2, -0.15) is 0 Å². The Hall–Kier alpha value is -3.91. The van der Waals surface area contributed by atoms with E-state index in [1.165, 1.54) is 16.2 Å². The van der Waals surface area contributed by atoms with Gasteiger partial charge in [0.15, 0.2) is 5.13 Å². The van der Waals surface area contributed by atoms with Gasteiger partial charge in [0.25, 0.3) is 5.78 Å². The highest BCUT2D eigenvalue weighted by Gasteiger charge is 2.49. The van der Waals surface area contributed by atoms with Crippen LogP contribution in [-0.4, -0.2) is 28.4 Å². The third-order valence-corrected chi connectivity index (χ3v) is 6.94. The van der Waals surface area contributed by atoms with Crippen molar-refractivity contribution < 1.29 is 23.8 Å². The molecule has 0 radical (unpaired) electrons. The zero-order valence-corrected chi connectivity index (χ0v) is 20.6. The zero-order chi connectivity index (χ0) is 24.9. The topological polar surface area (TPSA) is 92.9 Å². The van der Waals surface area contributed by atoms with Gasteiger partial charge in [-0.25, -0.2) is 4.98 Å². The lowest BCUT2D eigenvalue weighted by atomic mass is 9.99. The van der Waals surface area contributed by atoms with Crippen LogP contribution in [0.3, 0.4) is 0 Å². The van der Waals surface area contributed by atoms with Gasteiger partial charge in [-0.05, 0) is 81.3 Å². The molecule has 1 saturated heterocycles. The number of aliphatic hydroxyl groups is 1. The van der Waals surface area contributed by atoms with Crippen LogP contribution in [0.5, 0.6) is 5.75 Å². The van der Waals surface area contributed by atoms with E-state index in [4.69, 9.17) is 14.1 Å². The minimum atomic E-state index is -0.947. The molecule has 8 heteroatoms. The number of furan rings is 1. The molecule has 0 bridgehead atoms. The quantitative estimate of drug-likeness (QED) is 0.216. The molecule has 3 heterocycles. The number of hydrogen-bond acceptors (Lipinski definition) is 7. The van der Waals surface area contributed by atoms with E-state index in [-0.39, 0.29) is 11.3 Å². The first-order valence-electron chi connectivity index (χ1n) is 11.3. The number of hydrogen-bond donors (Lipinski definition) is 1. The number of carbonyl (C=O) groups is 2. The normalized spacial score (nSPS) is 17.5. The number of fused-ring (bicyclic) bond motifs is 1. The first kappa shape index (κ1) is 22.9. The van der Waals surface area contributed by atoms with Crippen LogP contribution in [0.4, 0.5) is 5.13 Å². The fourth-order valence-corrected chi connectivity index (χ4v) is 5.56. The van der Waals surface area contributed by atoms with Crippen molar-refractivity contribution in [1.29, 1.82) is 0 Å². The first-order valence-corrected chi connectivity index (χ1v) is 12.1. The molecule has 1 atom stereocenters. The number of aryl methyl sites for hydroxylation is 3. The maximum atomic E-state index is 13.3. The van der Waals surface area contributed by atoms with E-state index < -0.39 is 17.7 Å². The molecule has 2 aromatic carbocycles. The van der Waals surface area contributed by atoms with Gasteiger partial charge in [0.05, 0.1) is 22.4 Å². The number of rotatable bonds is 5. The largest absolute Gasteiger partial charge is 0.507 e. The van der Waals surface area contributed by atoms with Gasteiger partial charge in [0, 0.05) is 5.56 Å². The molecule has 4 aromatic rings. The summed E-state index contributed by atoms with van der Waals surface area (Å²) in [6.45, 7) is 8.14. The second kappa shape index (κ2) is 8.70. The molecule has 35 heavy (non-hydrogen) atoms. The van der Waals surface area contributed by atoms with Crippen molar-refractivity contribution in [2.75, 3.05) is 11.5 Å². The molecule has 1 aliphatic rings.